The summed E-state index contributed by atoms with van der Waals surface area (Å²) in [6.07, 6.45) is 8.24. The Kier molecular flexibility index (Phi) is 5.24. The third kappa shape index (κ3) is 3.70. The largest absolute Gasteiger partial charge is 0.436 e. The maximum Gasteiger partial charge on any atom is 0.257 e. The van der Waals surface area contributed by atoms with Gasteiger partial charge in [0, 0.05) is 18.0 Å². The highest BCUT2D eigenvalue weighted by Gasteiger charge is 2.15. The highest BCUT2D eigenvalue weighted by Crippen LogP contribution is 2.25. The van der Waals surface area contributed by atoms with Gasteiger partial charge in [0.05, 0.1) is 11.4 Å². The van der Waals surface area contributed by atoms with E-state index in [-0.39, 0.29) is 22.6 Å². The van der Waals surface area contributed by atoms with E-state index in [1.54, 1.807) is 30.3 Å². The molecular formula is C19H15ClN4O2. The van der Waals surface area contributed by atoms with Crippen molar-refractivity contribution in [2.45, 2.75) is 6.92 Å². The van der Waals surface area contributed by atoms with Gasteiger partial charge in [-0.1, -0.05) is 24.3 Å². The zero-order valence-electron chi connectivity index (χ0n) is 13.9. The number of nitrogens with one attached hydrogen (secondary N) is 1. The van der Waals surface area contributed by atoms with Crippen molar-refractivity contribution in [3.63, 3.8) is 0 Å². The van der Waals surface area contributed by atoms with Crippen LogP contribution in [0.4, 0.5) is 0 Å². The van der Waals surface area contributed by atoms with Crippen LogP contribution in [0, 0.1) is 0 Å². The Balaban J connectivity index is 1.81. The number of carbonyl (C=O) groups excluding carboxylic acids is 1. The molecule has 0 unspecified atom stereocenters. The number of benzene rings is 1. The molecule has 0 aliphatic rings. The number of imidazole rings is 1. The first-order valence-corrected chi connectivity index (χ1v) is 8.14. The van der Waals surface area contributed by atoms with Gasteiger partial charge in [0.2, 0.25) is 5.78 Å². The van der Waals surface area contributed by atoms with Gasteiger partial charge in [0.1, 0.15) is 5.75 Å². The van der Waals surface area contributed by atoms with Crippen LogP contribution in [0.3, 0.4) is 0 Å². The van der Waals surface area contributed by atoms with E-state index in [4.69, 9.17) is 16.3 Å². The lowest BCUT2D eigenvalue weighted by Crippen LogP contribution is -2.03. The van der Waals surface area contributed by atoms with Crippen LogP contribution < -0.4 is 4.74 Å². The number of allylic oxidation sites excluding steroid dienone is 1. The van der Waals surface area contributed by atoms with Crippen molar-refractivity contribution in [3.05, 3.63) is 77.2 Å². The van der Waals surface area contributed by atoms with Gasteiger partial charge in [-0.25, -0.2) is 15.0 Å². The molecule has 0 radical (unpaired) electrons. The summed E-state index contributed by atoms with van der Waals surface area (Å²) in [5.74, 6) is 0.710. The third-order valence-corrected chi connectivity index (χ3v) is 3.72. The lowest BCUT2D eigenvalue weighted by Gasteiger charge is -2.05. The first-order valence-electron chi connectivity index (χ1n) is 7.76. The molecule has 3 aromatic rings. The van der Waals surface area contributed by atoms with Gasteiger partial charge >= 0.3 is 0 Å². The minimum atomic E-state index is -0.229. The number of aromatic amines is 1. The van der Waals surface area contributed by atoms with Gasteiger partial charge < -0.3 is 9.72 Å². The molecule has 0 aliphatic heterocycles. The molecule has 2 aromatic heterocycles. The normalized spacial score (nSPS) is 10.8. The highest BCUT2D eigenvalue weighted by molar-refractivity contribution is 6.30. The zero-order chi connectivity index (χ0) is 18.5. The molecule has 6 nitrogen and oxygen atoms in total. The fourth-order valence-electron chi connectivity index (χ4n) is 2.25. The summed E-state index contributed by atoms with van der Waals surface area (Å²) < 4.78 is 5.56. The summed E-state index contributed by atoms with van der Waals surface area (Å²) >= 11 is 5.91. The number of ether oxygens (including phenoxy) is 1. The Labute approximate surface area is 155 Å². The summed E-state index contributed by atoms with van der Waals surface area (Å²) in [5, 5.41) is 0.164. The first-order chi connectivity index (χ1) is 12.6. The Bertz CT molecular complexity index is 977. The van der Waals surface area contributed by atoms with E-state index in [9.17, 15) is 4.79 Å². The molecule has 3 rings (SSSR count). The molecular weight excluding hydrogens is 352 g/mol. The van der Waals surface area contributed by atoms with Crippen LogP contribution in [0.1, 0.15) is 34.5 Å². The van der Waals surface area contributed by atoms with E-state index >= 15 is 0 Å². The lowest BCUT2D eigenvalue weighted by molar-refractivity contribution is 0.103. The first kappa shape index (κ1) is 17.6. The maximum absolute atomic E-state index is 12.6. The predicted molar refractivity (Wildman–Crippen MR) is 100 cm³/mol. The average molecular weight is 367 g/mol. The van der Waals surface area contributed by atoms with Crippen molar-refractivity contribution < 1.29 is 9.53 Å². The third-order valence-electron chi connectivity index (χ3n) is 3.46. The molecule has 0 fully saturated rings. The molecule has 1 N–H and O–H groups in total. The van der Waals surface area contributed by atoms with Gasteiger partial charge in [-0.05, 0) is 43.3 Å². The van der Waals surface area contributed by atoms with Crippen LogP contribution in [0.25, 0.3) is 12.2 Å². The molecule has 0 saturated carbocycles. The lowest BCUT2D eigenvalue weighted by atomic mass is 10.1. The molecule has 1 aromatic carbocycles. The van der Waals surface area contributed by atoms with E-state index in [1.807, 2.05) is 19.1 Å². The van der Waals surface area contributed by atoms with Crippen LogP contribution in [0.15, 0.2) is 49.3 Å². The number of H-pyrrole nitrogens is 1. The molecule has 2 heterocycles. The van der Waals surface area contributed by atoms with E-state index in [1.165, 1.54) is 12.4 Å². The molecule has 130 valence electrons. The Morgan fingerprint density at radius 3 is 2.62 bits per heavy atom. The second-order valence-electron chi connectivity index (χ2n) is 5.20. The van der Waals surface area contributed by atoms with Crippen LogP contribution in [0.2, 0.25) is 5.15 Å². The molecule has 0 amide bonds. The molecule has 0 spiro atoms. The smallest absolute Gasteiger partial charge is 0.257 e. The maximum atomic E-state index is 12.6. The second-order valence-corrected chi connectivity index (χ2v) is 5.55. The topological polar surface area (TPSA) is 80.8 Å². The minimum Gasteiger partial charge on any atom is -0.436 e. The van der Waals surface area contributed by atoms with Crippen LogP contribution in [0.5, 0.6) is 11.6 Å². The van der Waals surface area contributed by atoms with Gasteiger partial charge in [-0.15, -0.1) is 0 Å². The van der Waals surface area contributed by atoms with Gasteiger partial charge in [0.15, 0.2) is 11.0 Å². The van der Waals surface area contributed by atoms with Crippen LogP contribution in [-0.2, 0) is 0 Å². The van der Waals surface area contributed by atoms with Crippen molar-refractivity contribution in [2.75, 3.05) is 0 Å². The summed E-state index contributed by atoms with van der Waals surface area (Å²) in [7, 11) is 0. The molecule has 7 heteroatoms. The fraction of sp³-hybridized carbons (Fsp3) is 0.0526. The SMILES string of the molecule is C=Cc1[nH]c(C(=O)c2ccc(Oc3nccnc3Cl)cc2)nc1/C=C\C. The summed E-state index contributed by atoms with van der Waals surface area (Å²) in [6.45, 7) is 5.60. The molecule has 26 heavy (non-hydrogen) atoms. The fourth-order valence-corrected chi connectivity index (χ4v) is 2.39. The number of nitrogens with zero attached hydrogens (tertiary/aromatic N) is 3. The number of ketones is 1. The number of rotatable bonds is 6. The Morgan fingerprint density at radius 2 is 1.96 bits per heavy atom. The molecule has 0 aliphatic carbocycles. The van der Waals surface area contributed by atoms with Crippen molar-refractivity contribution in [2.24, 2.45) is 0 Å². The number of halogens is 1. The van der Waals surface area contributed by atoms with Crippen molar-refractivity contribution in [1.82, 2.24) is 19.9 Å². The molecule has 0 saturated heterocycles. The van der Waals surface area contributed by atoms with Gasteiger partial charge in [0.25, 0.3) is 5.88 Å². The van der Waals surface area contributed by atoms with Gasteiger partial charge in [-0.3, -0.25) is 4.79 Å². The summed E-state index contributed by atoms with van der Waals surface area (Å²) in [6, 6.07) is 6.60. The Morgan fingerprint density at radius 1 is 1.23 bits per heavy atom. The van der Waals surface area contributed by atoms with Crippen LogP contribution in [-0.4, -0.2) is 25.7 Å². The number of hydrogen-bond donors (Lipinski definition) is 1. The molecule has 0 bridgehead atoms. The van der Waals surface area contributed by atoms with E-state index in [2.05, 4.69) is 26.5 Å². The predicted octanol–water partition coefficient (Wildman–Crippen LogP) is 4.55. The van der Waals surface area contributed by atoms with Crippen LogP contribution >= 0.6 is 11.6 Å². The quantitative estimate of drug-likeness (QED) is 0.647. The highest BCUT2D eigenvalue weighted by atomic mass is 35.5. The van der Waals surface area contributed by atoms with Crippen molar-refractivity contribution in [1.29, 1.82) is 0 Å². The summed E-state index contributed by atoms with van der Waals surface area (Å²) in [4.78, 5) is 27.8. The molecule has 0 atom stereocenters. The number of carbonyl (C=O) groups is 1. The minimum absolute atomic E-state index is 0.164. The van der Waals surface area contributed by atoms with E-state index in [0.29, 0.717) is 22.7 Å². The van der Waals surface area contributed by atoms with E-state index < -0.39 is 0 Å². The number of hydrogen-bond acceptors (Lipinski definition) is 5. The monoisotopic (exact) mass is 366 g/mol. The van der Waals surface area contributed by atoms with Gasteiger partial charge in [-0.2, -0.15) is 0 Å². The van der Waals surface area contributed by atoms with E-state index in [0.717, 1.165) is 0 Å². The zero-order valence-corrected chi connectivity index (χ0v) is 14.7. The standard InChI is InChI=1S/C19H15ClN4O2/c1-3-5-15-14(4-2)23-18(24-15)16(25)12-6-8-13(9-7-12)26-19-17(20)21-10-11-22-19/h3-11H,2H2,1H3,(H,23,24)/b5-3-. The Hall–Kier alpha value is -3.25. The second kappa shape index (κ2) is 7.76. The van der Waals surface area contributed by atoms with Crippen molar-refractivity contribution in [3.8, 4) is 11.6 Å². The average Bonchev–Trinajstić information content (AvgIpc) is 3.07. The summed E-state index contributed by atoms with van der Waals surface area (Å²) in [5.41, 5.74) is 1.84. The number of aromatic nitrogens is 4. The van der Waals surface area contributed by atoms with Crippen molar-refractivity contribution >= 4 is 29.5 Å².